The summed E-state index contributed by atoms with van der Waals surface area (Å²) in [6.45, 7) is 11.7. The zero-order valence-electron chi connectivity index (χ0n) is 15.0. The van der Waals surface area contributed by atoms with E-state index in [4.69, 9.17) is 0 Å². The molecule has 1 rings (SSSR count). The number of nitrogens with zero attached hydrogens (tertiary/aromatic N) is 1. The minimum absolute atomic E-state index is 1.35. The van der Waals surface area contributed by atoms with Crippen LogP contribution in [0.3, 0.4) is 0 Å². The molecular weight excluding hydrogens is 361 g/mol. The first-order valence-electron chi connectivity index (χ1n) is 9.03. The third-order valence-electron chi connectivity index (χ3n) is 4.88. The standard InChI is InChI=1S/C7H8N.3C4H9.Sn/c1-6-3-7(2)5-8-4-6;3*1-3-4-2;/h4-5H,1-2H3;3*1,3-4H2,2H3;. The van der Waals surface area contributed by atoms with Crippen molar-refractivity contribution < 1.29 is 0 Å². The third kappa shape index (κ3) is 5.26. The Morgan fingerprint density at radius 1 is 0.762 bits per heavy atom. The molecule has 0 aliphatic carbocycles. The second kappa shape index (κ2) is 9.86. The Hall–Kier alpha value is -0.0513. The van der Waals surface area contributed by atoms with Gasteiger partial charge < -0.3 is 0 Å². The Morgan fingerprint density at radius 3 is 1.48 bits per heavy atom. The average molecular weight is 396 g/mol. The van der Waals surface area contributed by atoms with E-state index in [2.05, 4.69) is 52.0 Å². The molecule has 2 heteroatoms. The molecule has 1 heterocycles. The molecule has 21 heavy (non-hydrogen) atoms. The predicted molar refractivity (Wildman–Crippen MR) is 98.2 cm³/mol. The van der Waals surface area contributed by atoms with E-state index in [0.29, 0.717) is 0 Å². The normalized spacial score (nSPS) is 11.9. The maximum atomic E-state index is 4.43. The van der Waals surface area contributed by atoms with Crippen molar-refractivity contribution in [2.75, 3.05) is 0 Å². The van der Waals surface area contributed by atoms with Gasteiger partial charge in [0.05, 0.1) is 0 Å². The van der Waals surface area contributed by atoms with Crippen LogP contribution in [-0.4, -0.2) is 23.4 Å². The van der Waals surface area contributed by atoms with Gasteiger partial charge in [0, 0.05) is 0 Å². The number of pyridine rings is 1. The van der Waals surface area contributed by atoms with Crippen LogP contribution in [0.15, 0.2) is 12.4 Å². The average Bonchev–Trinajstić information content (AvgIpc) is 2.48. The van der Waals surface area contributed by atoms with Crippen LogP contribution >= 0.6 is 0 Å². The Morgan fingerprint density at radius 2 is 1.14 bits per heavy atom. The monoisotopic (exact) mass is 397 g/mol. The van der Waals surface area contributed by atoms with E-state index in [0.717, 1.165) is 0 Å². The van der Waals surface area contributed by atoms with Gasteiger partial charge in [-0.2, -0.15) is 0 Å². The van der Waals surface area contributed by atoms with E-state index < -0.39 is 18.4 Å². The molecule has 0 radical (unpaired) electrons. The number of rotatable bonds is 10. The summed E-state index contributed by atoms with van der Waals surface area (Å²) in [5, 5.41) is 0. The molecule has 0 saturated heterocycles. The summed E-state index contributed by atoms with van der Waals surface area (Å²) in [7, 11) is 0. The molecule has 0 spiro atoms. The molecule has 1 aromatic rings. The van der Waals surface area contributed by atoms with Crippen LogP contribution in [0.4, 0.5) is 0 Å². The zero-order chi connectivity index (χ0) is 15.7. The van der Waals surface area contributed by atoms with Gasteiger partial charge in [-0.3, -0.25) is 0 Å². The fourth-order valence-electron chi connectivity index (χ4n) is 3.83. The molecule has 0 amide bonds. The van der Waals surface area contributed by atoms with Gasteiger partial charge in [-0.15, -0.1) is 0 Å². The number of aryl methyl sites for hydroxylation is 2. The Balaban J connectivity index is 3.23. The van der Waals surface area contributed by atoms with Gasteiger partial charge in [0.2, 0.25) is 0 Å². The molecule has 0 aromatic carbocycles. The van der Waals surface area contributed by atoms with Crippen LogP contribution in [0.25, 0.3) is 0 Å². The third-order valence-corrected chi connectivity index (χ3v) is 21.4. The van der Waals surface area contributed by atoms with Gasteiger partial charge in [0.1, 0.15) is 0 Å². The van der Waals surface area contributed by atoms with Crippen molar-refractivity contribution in [2.24, 2.45) is 0 Å². The van der Waals surface area contributed by atoms with Gasteiger partial charge >= 0.3 is 137 Å². The molecule has 0 atom stereocenters. The fraction of sp³-hybridized carbons (Fsp3) is 0.737. The molecule has 0 N–H and O–H groups in total. The van der Waals surface area contributed by atoms with E-state index in [9.17, 15) is 0 Å². The first-order chi connectivity index (χ1) is 10.1. The zero-order valence-corrected chi connectivity index (χ0v) is 17.8. The van der Waals surface area contributed by atoms with Crippen molar-refractivity contribution in [1.29, 1.82) is 0 Å². The van der Waals surface area contributed by atoms with Crippen LogP contribution in [0, 0.1) is 13.8 Å². The van der Waals surface area contributed by atoms with Crippen LogP contribution < -0.4 is 3.58 Å². The topological polar surface area (TPSA) is 12.9 Å². The molecule has 0 bridgehead atoms. The molecular formula is C19H35NSn. The summed E-state index contributed by atoms with van der Waals surface area (Å²) in [5.74, 6) is 0. The molecule has 120 valence electrons. The van der Waals surface area contributed by atoms with Crippen molar-refractivity contribution in [3.05, 3.63) is 23.5 Å². The van der Waals surface area contributed by atoms with Crippen LogP contribution in [-0.2, 0) is 0 Å². The second-order valence-electron chi connectivity index (χ2n) is 6.74. The summed E-state index contributed by atoms with van der Waals surface area (Å²) < 4.78 is 6.49. The van der Waals surface area contributed by atoms with E-state index in [1.165, 1.54) is 49.7 Å². The van der Waals surface area contributed by atoms with E-state index >= 15 is 0 Å². The number of aromatic nitrogens is 1. The number of hydrogen-bond donors (Lipinski definition) is 0. The van der Waals surface area contributed by atoms with Gasteiger partial charge in [-0.1, -0.05) is 0 Å². The van der Waals surface area contributed by atoms with Gasteiger partial charge in [-0.25, -0.2) is 0 Å². The minimum atomic E-state index is -2.26. The molecule has 1 aromatic heterocycles. The Bertz CT molecular complexity index is 372. The van der Waals surface area contributed by atoms with Crippen LogP contribution in [0.1, 0.15) is 70.4 Å². The molecule has 0 aliphatic heterocycles. The molecule has 0 saturated carbocycles. The summed E-state index contributed by atoms with van der Waals surface area (Å²) in [6, 6.07) is 0. The summed E-state index contributed by atoms with van der Waals surface area (Å²) in [4.78, 5) is 4.43. The van der Waals surface area contributed by atoms with Crippen molar-refractivity contribution in [1.82, 2.24) is 4.98 Å². The van der Waals surface area contributed by atoms with Crippen molar-refractivity contribution >= 4 is 22.0 Å². The van der Waals surface area contributed by atoms with Gasteiger partial charge in [-0.05, 0) is 0 Å². The maximum absolute atomic E-state index is 4.43. The van der Waals surface area contributed by atoms with Crippen LogP contribution in [0.2, 0.25) is 13.3 Å². The second-order valence-corrected chi connectivity index (χ2v) is 19.8. The molecule has 0 unspecified atom stereocenters. The SMILES string of the molecule is CCC[CH2][Sn]([CH2]CCC)([CH2]CCC)[c]1c(C)cncc1C. The summed E-state index contributed by atoms with van der Waals surface area (Å²) in [5.41, 5.74) is 2.99. The van der Waals surface area contributed by atoms with Gasteiger partial charge in [0.15, 0.2) is 0 Å². The fourth-order valence-corrected chi connectivity index (χ4v) is 22.1. The number of hydrogen-bond acceptors (Lipinski definition) is 1. The molecule has 0 fully saturated rings. The summed E-state index contributed by atoms with van der Waals surface area (Å²) in [6.07, 6.45) is 12.6. The molecule has 0 aliphatic rings. The number of unbranched alkanes of at least 4 members (excludes halogenated alkanes) is 3. The van der Waals surface area contributed by atoms with E-state index in [-0.39, 0.29) is 0 Å². The van der Waals surface area contributed by atoms with E-state index in [1.807, 2.05) is 3.58 Å². The quantitative estimate of drug-likeness (QED) is 0.459. The molecule has 1 nitrogen and oxygen atoms in total. The Labute approximate surface area is 136 Å². The van der Waals surface area contributed by atoms with E-state index in [1.54, 1.807) is 13.3 Å². The summed E-state index contributed by atoms with van der Waals surface area (Å²) >= 11 is -2.26. The van der Waals surface area contributed by atoms with Crippen molar-refractivity contribution in [2.45, 2.75) is 86.5 Å². The van der Waals surface area contributed by atoms with Crippen molar-refractivity contribution in [3.8, 4) is 0 Å². The Kier molecular flexibility index (Phi) is 8.92. The first-order valence-corrected chi connectivity index (χ1v) is 16.5. The van der Waals surface area contributed by atoms with Crippen LogP contribution in [0.5, 0.6) is 0 Å². The van der Waals surface area contributed by atoms with Crippen molar-refractivity contribution in [3.63, 3.8) is 0 Å². The van der Waals surface area contributed by atoms with Gasteiger partial charge in [0.25, 0.3) is 0 Å². The predicted octanol–water partition coefficient (Wildman–Crippen LogP) is 5.75. The first kappa shape index (κ1) is 19.0.